The predicted molar refractivity (Wildman–Crippen MR) is 76.4 cm³/mol. The van der Waals surface area contributed by atoms with Crippen molar-refractivity contribution >= 4 is 27.3 Å². The molecule has 0 spiro atoms. The maximum Gasteiger partial charge on any atom is 0.137 e. The first-order chi connectivity index (χ1) is 8.42. The molecule has 1 N–H and O–H groups in total. The van der Waals surface area contributed by atoms with E-state index in [0.717, 1.165) is 16.0 Å². The molecule has 1 aromatic heterocycles. The number of thiophene rings is 1. The summed E-state index contributed by atoms with van der Waals surface area (Å²) in [5, 5.41) is 12.5. The fourth-order valence-electron chi connectivity index (χ4n) is 2.06. The average molecular weight is 329 g/mol. The zero-order valence-corrected chi connectivity index (χ0v) is 12.6. The summed E-state index contributed by atoms with van der Waals surface area (Å²) in [7, 11) is 0. The zero-order chi connectivity index (χ0) is 13.3. The Bertz CT molecular complexity index is 563. The predicted octanol–water partition coefficient (Wildman–Crippen LogP) is 4.41. The van der Waals surface area contributed by atoms with Crippen molar-refractivity contribution in [2.24, 2.45) is 0 Å². The standard InChI is InChI=1S/C14H14BrFOS/c1-9-6-7-18-13(9)14(2,17)8-10-4-3-5-11(16)12(10)15/h3-7,17H,8H2,1-2H3. The third-order valence-electron chi connectivity index (χ3n) is 2.92. The first-order valence-corrected chi connectivity index (χ1v) is 7.29. The van der Waals surface area contributed by atoms with Crippen LogP contribution in [-0.4, -0.2) is 5.11 Å². The summed E-state index contributed by atoms with van der Waals surface area (Å²) in [4.78, 5) is 0.929. The zero-order valence-electron chi connectivity index (χ0n) is 10.2. The molecule has 1 atom stereocenters. The first-order valence-electron chi connectivity index (χ1n) is 5.61. The maximum atomic E-state index is 13.5. The summed E-state index contributed by atoms with van der Waals surface area (Å²) < 4.78 is 13.9. The van der Waals surface area contributed by atoms with Crippen molar-refractivity contribution in [1.29, 1.82) is 0 Å². The molecule has 0 fully saturated rings. The molecule has 0 saturated heterocycles. The Hall–Kier alpha value is -0.710. The van der Waals surface area contributed by atoms with Crippen molar-refractivity contribution < 1.29 is 9.50 Å². The summed E-state index contributed by atoms with van der Waals surface area (Å²) in [6.07, 6.45) is 0.382. The van der Waals surface area contributed by atoms with E-state index < -0.39 is 5.60 Å². The topological polar surface area (TPSA) is 20.2 Å². The van der Waals surface area contributed by atoms with E-state index in [2.05, 4.69) is 15.9 Å². The SMILES string of the molecule is Cc1ccsc1C(C)(O)Cc1cccc(F)c1Br. The Balaban J connectivity index is 2.33. The van der Waals surface area contributed by atoms with Gasteiger partial charge in [0.05, 0.1) is 4.47 Å². The third-order valence-corrected chi connectivity index (χ3v) is 5.08. The maximum absolute atomic E-state index is 13.5. The van der Waals surface area contributed by atoms with E-state index in [1.165, 1.54) is 17.4 Å². The molecule has 96 valence electrons. The van der Waals surface area contributed by atoms with Crippen molar-refractivity contribution in [3.05, 3.63) is 55.9 Å². The van der Waals surface area contributed by atoms with Crippen LogP contribution in [0.2, 0.25) is 0 Å². The molecule has 0 aliphatic rings. The Morgan fingerprint density at radius 1 is 1.39 bits per heavy atom. The summed E-state index contributed by atoms with van der Waals surface area (Å²) in [5.74, 6) is -0.300. The molecule has 1 aromatic carbocycles. The fourth-order valence-corrected chi connectivity index (χ4v) is 3.45. The largest absolute Gasteiger partial charge is 0.384 e. The number of hydrogen-bond donors (Lipinski definition) is 1. The summed E-state index contributed by atoms with van der Waals surface area (Å²) in [6, 6.07) is 6.87. The van der Waals surface area contributed by atoms with Crippen LogP contribution in [0.4, 0.5) is 4.39 Å². The van der Waals surface area contributed by atoms with Crippen LogP contribution in [-0.2, 0) is 12.0 Å². The lowest BCUT2D eigenvalue weighted by Gasteiger charge is -2.24. The van der Waals surface area contributed by atoms with Gasteiger partial charge in [0.2, 0.25) is 0 Å². The molecule has 1 nitrogen and oxygen atoms in total. The van der Waals surface area contributed by atoms with Gasteiger partial charge < -0.3 is 5.11 Å². The molecule has 0 radical (unpaired) electrons. The van der Waals surface area contributed by atoms with Crippen LogP contribution in [0.25, 0.3) is 0 Å². The number of aryl methyl sites for hydroxylation is 1. The van der Waals surface area contributed by atoms with Gasteiger partial charge in [-0.2, -0.15) is 0 Å². The Labute approximate surface area is 118 Å². The van der Waals surface area contributed by atoms with Gasteiger partial charge in [-0.1, -0.05) is 12.1 Å². The normalized spacial score (nSPS) is 14.5. The number of halogens is 2. The van der Waals surface area contributed by atoms with E-state index in [1.807, 2.05) is 24.4 Å². The van der Waals surface area contributed by atoms with E-state index in [4.69, 9.17) is 0 Å². The van der Waals surface area contributed by atoms with E-state index in [1.54, 1.807) is 13.0 Å². The molecule has 0 amide bonds. The molecular formula is C14H14BrFOS. The van der Waals surface area contributed by atoms with Crippen molar-refractivity contribution in [2.75, 3.05) is 0 Å². The highest BCUT2D eigenvalue weighted by Crippen LogP contribution is 2.34. The molecule has 0 bridgehead atoms. The molecule has 1 heterocycles. The Morgan fingerprint density at radius 3 is 2.72 bits per heavy atom. The molecule has 2 rings (SSSR count). The van der Waals surface area contributed by atoms with Crippen LogP contribution >= 0.6 is 27.3 Å². The minimum atomic E-state index is -0.978. The van der Waals surface area contributed by atoms with Crippen molar-refractivity contribution in [2.45, 2.75) is 25.9 Å². The minimum absolute atomic E-state index is 0.300. The number of aliphatic hydroxyl groups is 1. The molecule has 18 heavy (non-hydrogen) atoms. The second-order valence-electron chi connectivity index (χ2n) is 4.60. The van der Waals surface area contributed by atoms with E-state index >= 15 is 0 Å². The number of rotatable bonds is 3. The molecule has 4 heteroatoms. The van der Waals surface area contributed by atoms with Crippen molar-refractivity contribution in [1.82, 2.24) is 0 Å². The van der Waals surface area contributed by atoms with E-state index in [0.29, 0.717) is 10.9 Å². The van der Waals surface area contributed by atoms with Crippen LogP contribution in [0, 0.1) is 12.7 Å². The average Bonchev–Trinajstić information content (AvgIpc) is 2.72. The van der Waals surface area contributed by atoms with Crippen LogP contribution in [0.15, 0.2) is 34.1 Å². The van der Waals surface area contributed by atoms with Crippen LogP contribution < -0.4 is 0 Å². The van der Waals surface area contributed by atoms with Gasteiger partial charge in [0.15, 0.2) is 0 Å². The van der Waals surface area contributed by atoms with Gasteiger partial charge in [-0.3, -0.25) is 0 Å². The lowest BCUT2D eigenvalue weighted by molar-refractivity contribution is 0.0607. The Kier molecular flexibility index (Phi) is 3.90. The van der Waals surface area contributed by atoms with E-state index in [9.17, 15) is 9.50 Å². The quantitative estimate of drug-likeness (QED) is 0.884. The van der Waals surface area contributed by atoms with E-state index in [-0.39, 0.29) is 5.82 Å². The van der Waals surface area contributed by atoms with Crippen LogP contribution in [0.3, 0.4) is 0 Å². The molecule has 0 aliphatic carbocycles. The van der Waals surface area contributed by atoms with Crippen LogP contribution in [0.5, 0.6) is 0 Å². The van der Waals surface area contributed by atoms with Gasteiger partial charge in [-0.05, 0) is 58.4 Å². The van der Waals surface area contributed by atoms with Crippen molar-refractivity contribution in [3.63, 3.8) is 0 Å². The number of benzene rings is 1. The summed E-state index contributed by atoms with van der Waals surface area (Å²) in [5.41, 5.74) is 0.861. The fraction of sp³-hybridized carbons (Fsp3) is 0.286. The van der Waals surface area contributed by atoms with Gasteiger partial charge in [0.1, 0.15) is 11.4 Å². The lowest BCUT2D eigenvalue weighted by Crippen LogP contribution is -2.24. The third kappa shape index (κ3) is 2.66. The summed E-state index contributed by atoms with van der Waals surface area (Å²) >= 11 is 4.76. The van der Waals surface area contributed by atoms with Gasteiger partial charge >= 0.3 is 0 Å². The highest BCUT2D eigenvalue weighted by molar-refractivity contribution is 9.10. The van der Waals surface area contributed by atoms with Gasteiger partial charge in [0, 0.05) is 11.3 Å². The van der Waals surface area contributed by atoms with Gasteiger partial charge in [-0.15, -0.1) is 11.3 Å². The molecule has 0 saturated carbocycles. The summed E-state index contributed by atoms with van der Waals surface area (Å²) in [6.45, 7) is 3.74. The molecular weight excluding hydrogens is 315 g/mol. The second kappa shape index (κ2) is 5.11. The minimum Gasteiger partial charge on any atom is -0.384 e. The second-order valence-corrected chi connectivity index (χ2v) is 6.31. The molecule has 0 aliphatic heterocycles. The van der Waals surface area contributed by atoms with Gasteiger partial charge in [-0.25, -0.2) is 4.39 Å². The molecule has 1 unspecified atom stereocenters. The van der Waals surface area contributed by atoms with Gasteiger partial charge in [0.25, 0.3) is 0 Å². The Morgan fingerprint density at radius 2 is 2.11 bits per heavy atom. The lowest BCUT2D eigenvalue weighted by atomic mass is 9.93. The first kappa shape index (κ1) is 13.7. The highest BCUT2D eigenvalue weighted by Gasteiger charge is 2.27. The monoisotopic (exact) mass is 328 g/mol. The highest BCUT2D eigenvalue weighted by atomic mass is 79.9. The van der Waals surface area contributed by atoms with Crippen molar-refractivity contribution in [3.8, 4) is 0 Å². The smallest absolute Gasteiger partial charge is 0.137 e. The van der Waals surface area contributed by atoms with Crippen LogP contribution in [0.1, 0.15) is 22.9 Å². The number of hydrogen-bond acceptors (Lipinski definition) is 2. The molecule has 2 aromatic rings.